The predicted octanol–water partition coefficient (Wildman–Crippen LogP) is 23.6. The van der Waals surface area contributed by atoms with Crippen LogP contribution < -0.4 is 0 Å². The van der Waals surface area contributed by atoms with E-state index in [0.717, 1.165) is 114 Å². The third-order valence-electron chi connectivity index (χ3n) is 18.9. The summed E-state index contributed by atoms with van der Waals surface area (Å²) in [6, 6.07) is 0. The Bertz CT molecular complexity index is 1940. The van der Waals surface area contributed by atoms with Crippen LogP contribution in [0.4, 0.5) is 0 Å². The number of hydrogen-bond donors (Lipinski definition) is 3. The summed E-state index contributed by atoms with van der Waals surface area (Å²) in [5.41, 5.74) is 0. The molecule has 0 amide bonds. The molecule has 0 aromatic rings. The molecule has 99 heavy (non-hydrogen) atoms. The Kier molecular flexibility index (Phi) is 67.8. The van der Waals surface area contributed by atoms with Gasteiger partial charge in [0.25, 0.3) is 0 Å². The molecule has 0 rings (SSSR count). The van der Waals surface area contributed by atoms with Gasteiger partial charge in [0.05, 0.1) is 26.4 Å². The molecule has 0 aromatic heterocycles. The molecular formula is C80H156O17P2. The largest absolute Gasteiger partial charge is 0.472 e. The van der Waals surface area contributed by atoms with Crippen LogP contribution in [-0.4, -0.2) is 96.7 Å². The Morgan fingerprint density at radius 2 is 0.485 bits per heavy atom. The van der Waals surface area contributed by atoms with Crippen molar-refractivity contribution in [3.8, 4) is 0 Å². The zero-order valence-corrected chi connectivity index (χ0v) is 66.9. The van der Waals surface area contributed by atoms with E-state index in [1.807, 2.05) is 0 Å². The van der Waals surface area contributed by atoms with Crippen LogP contribution in [0.1, 0.15) is 409 Å². The average Bonchev–Trinajstić information content (AvgIpc) is 1.02. The minimum Gasteiger partial charge on any atom is -0.462 e. The fourth-order valence-electron chi connectivity index (χ4n) is 12.2. The zero-order chi connectivity index (χ0) is 73.1. The molecule has 6 atom stereocenters. The summed E-state index contributed by atoms with van der Waals surface area (Å²) in [7, 11) is -9.92. The summed E-state index contributed by atoms with van der Waals surface area (Å²) in [4.78, 5) is 73.0. The third-order valence-corrected chi connectivity index (χ3v) is 20.8. The monoisotopic (exact) mass is 1450 g/mol. The molecule has 0 radical (unpaired) electrons. The van der Waals surface area contributed by atoms with Gasteiger partial charge in [-0.2, -0.15) is 0 Å². The van der Waals surface area contributed by atoms with E-state index in [0.29, 0.717) is 25.7 Å². The summed E-state index contributed by atoms with van der Waals surface area (Å²) in [5.74, 6) is 0.999. The van der Waals surface area contributed by atoms with Gasteiger partial charge in [-0.25, -0.2) is 9.13 Å². The number of ether oxygens (including phenoxy) is 4. The lowest BCUT2D eigenvalue weighted by molar-refractivity contribution is -0.161. The van der Waals surface area contributed by atoms with Gasteiger partial charge in [-0.1, -0.05) is 357 Å². The Morgan fingerprint density at radius 3 is 0.717 bits per heavy atom. The maximum absolute atomic E-state index is 13.1. The van der Waals surface area contributed by atoms with E-state index in [4.69, 9.17) is 37.0 Å². The minimum absolute atomic E-state index is 0.105. The predicted molar refractivity (Wildman–Crippen MR) is 404 cm³/mol. The summed E-state index contributed by atoms with van der Waals surface area (Å²) in [6.45, 7) is 14.3. The quantitative estimate of drug-likeness (QED) is 0.0222. The number of carbonyl (C=O) groups is 4. The number of phosphoric acid groups is 2. The molecule has 4 unspecified atom stereocenters. The molecule has 0 aromatic carbocycles. The molecule has 0 aliphatic heterocycles. The van der Waals surface area contributed by atoms with E-state index >= 15 is 0 Å². The van der Waals surface area contributed by atoms with E-state index in [9.17, 15) is 43.2 Å². The Morgan fingerprint density at radius 1 is 0.283 bits per heavy atom. The second kappa shape index (κ2) is 69.1. The maximum atomic E-state index is 13.1. The lowest BCUT2D eigenvalue weighted by Gasteiger charge is -2.21. The fourth-order valence-corrected chi connectivity index (χ4v) is 13.8. The van der Waals surface area contributed by atoms with Crippen molar-refractivity contribution in [2.45, 2.75) is 427 Å². The van der Waals surface area contributed by atoms with Crippen molar-refractivity contribution in [1.82, 2.24) is 0 Å². The number of aliphatic hydroxyl groups is 1. The van der Waals surface area contributed by atoms with Crippen LogP contribution in [0.25, 0.3) is 0 Å². The maximum Gasteiger partial charge on any atom is 0.472 e. The second-order valence-electron chi connectivity index (χ2n) is 30.5. The molecule has 588 valence electrons. The Balaban J connectivity index is 5.25. The highest BCUT2D eigenvalue weighted by molar-refractivity contribution is 7.47. The first-order chi connectivity index (χ1) is 47.6. The fraction of sp³-hybridized carbons (Fsp3) is 0.950. The second-order valence-corrected chi connectivity index (χ2v) is 33.4. The van der Waals surface area contributed by atoms with Crippen molar-refractivity contribution in [3.63, 3.8) is 0 Å². The number of esters is 4. The average molecular weight is 1450 g/mol. The molecule has 0 bridgehead atoms. The standard InChI is InChI=1S/C80H156O17P2/c1-9-73(8)59-51-43-35-26-20-16-13-14-18-22-28-38-46-54-62-79(84)96-75(66-90-77(82)60-52-44-36-27-21-17-12-10-11-15-19-24-32-40-48-56-70(2)3)68-94-98(86,87)92-64-74(81)65-93-99(88,89)95-69-76(67-91-78(83)61-53-45-37-31-30-34-42-50-58-72(6)7)97-80(85)63-55-47-39-29-23-25-33-41-49-57-71(4)5/h70-76,81H,9-69H2,1-8H3,(H,86,87)(H,88,89)/t73?,74?,75-,76-/m1/s1. The van der Waals surface area contributed by atoms with E-state index in [1.54, 1.807) is 0 Å². The number of carbonyl (C=O) groups excluding carboxylic acids is 4. The molecule has 19 heteroatoms. The SMILES string of the molecule is CCC(C)CCCCCCCCCCCCCCCCC(=O)O[C@H](COC(=O)CCCCCCCCCCCCCCCCCC(C)C)COP(=O)(O)OCC(O)COP(=O)(O)OC[C@@H](COC(=O)CCCCCCCCCCC(C)C)OC(=O)CCCCCCCCCCCC(C)C. The van der Waals surface area contributed by atoms with Crippen LogP contribution in [-0.2, 0) is 65.4 Å². The lowest BCUT2D eigenvalue weighted by Crippen LogP contribution is -2.30. The van der Waals surface area contributed by atoms with E-state index in [2.05, 4.69) is 55.4 Å². The van der Waals surface area contributed by atoms with Crippen molar-refractivity contribution in [3.05, 3.63) is 0 Å². The summed E-state index contributed by atoms with van der Waals surface area (Å²) >= 11 is 0. The van der Waals surface area contributed by atoms with Crippen LogP contribution in [0.15, 0.2) is 0 Å². The summed E-state index contributed by atoms with van der Waals surface area (Å²) < 4.78 is 68.7. The van der Waals surface area contributed by atoms with Crippen molar-refractivity contribution in [2.75, 3.05) is 39.6 Å². The molecule has 0 spiro atoms. The molecule has 0 aliphatic rings. The lowest BCUT2D eigenvalue weighted by atomic mass is 9.99. The first-order valence-corrected chi connectivity index (χ1v) is 44.2. The van der Waals surface area contributed by atoms with Gasteiger partial charge in [0.1, 0.15) is 19.3 Å². The van der Waals surface area contributed by atoms with Gasteiger partial charge in [-0.3, -0.25) is 37.3 Å². The third kappa shape index (κ3) is 72.8. The van der Waals surface area contributed by atoms with Crippen molar-refractivity contribution in [1.29, 1.82) is 0 Å². The molecule has 0 heterocycles. The first kappa shape index (κ1) is 97.1. The molecule has 17 nitrogen and oxygen atoms in total. The molecular weight excluding hydrogens is 1290 g/mol. The van der Waals surface area contributed by atoms with Gasteiger partial charge in [0.2, 0.25) is 0 Å². The molecule has 0 saturated carbocycles. The van der Waals surface area contributed by atoms with Gasteiger partial charge in [0, 0.05) is 25.7 Å². The topological polar surface area (TPSA) is 237 Å². The molecule has 0 aliphatic carbocycles. The molecule has 0 fully saturated rings. The van der Waals surface area contributed by atoms with Gasteiger partial charge < -0.3 is 33.8 Å². The summed E-state index contributed by atoms with van der Waals surface area (Å²) in [5, 5.41) is 10.6. The van der Waals surface area contributed by atoms with Gasteiger partial charge in [-0.15, -0.1) is 0 Å². The Hall–Kier alpha value is -1.94. The van der Waals surface area contributed by atoms with Crippen molar-refractivity contribution < 1.29 is 80.2 Å². The number of unbranched alkanes of at least 4 members (excludes halogenated alkanes) is 42. The van der Waals surface area contributed by atoms with Gasteiger partial charge in [0.15, 0.2) is 12.2 Å². The van der Waals surface area contributed by atoms with E-state index in [-0.39, 0.29) is 25.7 Å². The van der Waals surface area contributed by atoms with Crippen LogP contribution in [0, 0.1) is 23.7 Å². The molecule has 0 saturated heterocycles. The first-order valence-electron chi connectivity index (χ1n) is 41.2. The molecule has 3 N–H and O–H groups in total. The van der Waals surface area contributed by atoms with Crippen molar-refractivity contribution in [2.24, 2.45) is 23.7 Å². The highest BCUT2D eigenvalue weighted by Gasteiger charge is 2.30. The van der Waals surface area contributed by atoms with Gasteiger partial charge in [-0.05, 0) is 49.4 Å². The van der Waals surface area contributed by atoms with Gasteiger partial charge >= 0.3 is 39.5 Å². The highest BCUT2D eigenvalue weighted by Crippen LogP contribution is 2.45. The minimum atomic E-state index is -4.96. The van der Waals surface area contributed by atoms with E-state index in [1.165, 1.54) is 212 Å². The number of rotatable bonds is 77. The number of aliphatic hydroxyl groups excluding tert-OH is 1. The van der Waals surface area contributed by atoms with E-state index < -0.39 is 97.5 Å². The van der Waals surface area contributed by atoms with Crippen LogP contribution in [0.2, 0.25) is 0 Å². The number of hydrogen-bond acceptors (Lipinski definition) is 15. The van der Waals surface area contributed by atoms with Crippen molar-refractivity contribution >= 4 is 39.5 Å². The van der Waals surface area contributed by atoms with Crippen LogP contribution in [0.3, 0.4) is 0 Å². The smallest absolute Gasteiger partial charge is 0.462 e. The Labute approximate surface area is 607 Å². The van der Waals surface area contributed by atoms with Crippen LogP contribution in [0.5, 0.6) is 0 Å². The normalized spacial score (nSPS) is 14.3. The summed E-state index contributed by atoms with van der Waals surface area (Å²) in [6.07, 6.45) is 55.5. The highest BCUT2D eigenvalue weighted by atomic mass is 31.2. The number of phosphoric ester groups is 2. The van der Waals surface area contributed by atoms with Crippen LogP contribution >= 0.6 is 15.6 Å². The zero-order valence-electron chi connectivity index (χ0n) is 65.1.